The predicted octanol–water partition coefficient (Wildman–Crippen LogP) is 7.71. The molecule has 1 unspecified atom stereocenters. The Morgan fingerprint density at radius 3 is 2.14 bits per heavy atom. The lowest BCUT2D eigenvalue weighted by atomic mass is 9.96. The molecule has 2 heterocycles. The Labute approximate surface area is 252 Å². The first-order valence-corrected chi connectivity index (χ1v) is 14.9. The van der Waals surface area contributed by atoms with Crippen molar-refractivity contribution in [2.24, 2.45) is 4.99 Å². The Bertz CT molecular complexity index is 1470. The molecule has 43 heavy (non-hydrogen) atoms. The summed E-state index contributed by atoms with van der Waals surface area (Å²) in [7, 11) is 0. The van der Waals surface area contributed by atoms with Crippen molar-refractivity contribution in [1.29, 1.82) is 0 Å². The fourth-order valence-corrected chi connectivity index (χ4v) is 6.27. The van der Waals surface area contributed by atoms with Gasteiger partial charge in [-0.15, -0.1) is 0 Å². The molecule has 0 spiro atoms. The molecule has 0 aromatic heterocycles. The van der Waals surface area contributed by atoms with Crippen LogP contribution in [0.1, 0.15) is 28.5 Å². The average Bonchev–Trinajstić information content (AvgIpc) is 3.04. The molecule has 9 heteroatoms. The highest BCUT2D eigenvalue weighted by Gasteiger charge is 2.51. The second-order valence-electron chi connectivity index (χ2n) is 10.3. The summed E-state index contributed by atoms with van der Waals surface area (Å²) in [4.78, 5) is 5.94. The van der Waals surface area contributed by atoms with E-state index >= 15 is 0 Å². The van der Waals surface area contributed by atoms with Gasteiger partial charge in [-0.1, -0.05) is 103 Å². The van der Waals surface area contributed by atoms with Gasteiger partial charge in [0, 0.05) is 16.7 Å². The van der Waals surface area contributed by atoms with E-state index in [4.69, 9.17) is 23.9 Å². The lowest BCUT2D eigenvalue weighted by Gasteiger charge is -2.48. The zero-order chi connectivity index (χ0) is 29.6. The third-order valence-corrected chi connectivity index (χ3v) is 8.45. The molecule has 2 aliphatic rings. The van der Waals surface area contributed by atoms with Crippen molar-refractivity contribution in [3.8, 4) is 0 Å². The standard InChI is InChI=1S/C34H30F3NO4S/c35-34(36,37)26-18-16-23(17-19-26)20-38-29-30-28(22-40-32(42-30)25-12-6-2-7-13-25)41-33(43-27-14-8-3-9-15-27)31(29)39-21-24-10-4-1-5-11-24/h1-20,28-33H,21-22H2/t28-,29+,30-,31+,32?,33-/m1/s1. The molecule has 6 atom stereocenters. The molecule has 0 amide bonds. The molecule has 0 N–H and O–H groups in total. The number of nitrogens with zero attached hydrogens (tertiary/aromatic N) is 1. The minimum atomic E-state index is -4.41. The van der Waals surface area contributed by atoms with Crippen molar-refractivity contribution < 1.29 is 32.1 Å². The maximum absolute atomic E-state index is 13.2. The smallest absolute Gasteiger partial charge is 0.368 e. The lowest BCUT2D eigenvalue weighted by Crippen LogP contribution is -2.61. The summed E-state index contributed by atoms with van der Waals surface area (Å²) in [6.45, 7) is 0.608. The molecular weight excluding hydrogens is 575 g/mol. The molecule has 6 rings (SSSR count). The maximum Gasteiger partial charge on any atom is 0.416 e. The highest BCUT2D eigenvalue weighted by atomic mass is 32.2. The van der Waals surface area contributed by atoms with Crippen LogP contribution in [-0.2, 0) is 31.7 Å². The van der Waals surface area contributed by atoms with E-state index in [-0.39, 0.29) is 6.61 Å². The number of thioether (sulfide) groups is 1. The number of hydrogen-bond donors (Lipinski definition) is 0. The third kappa shape index (κ3) is 7.37. The number of aliphatic imine (C=N–C) groups is 1. The molecule has 2 saturated heterocycles. The van der Waals surface area contributed by atoms with Gasteiger partial charge in [-0.25, -0.2) is 0 Å². The van der Waals surface area contributed by atoms with Gasteiger partial charge in [0.2, 0.25) is 0 Å². The largest absolute Gasteiger partial charge is 0.416 e. The van der Waals surface area contributed by atoms with Crippen LogP contribution in [0.5, 0.6) is 0 Å². The van der Waals surface area contributed by atoms with Crippen molar-refractivity contribution in [3.63, 3.8) is 0 Å². The summed E-state index contributed by atoms with van der Waals surface area (Å²) in [5, 5.41) is 0. The van der Waals surface area contributed by atoms with Crippen LogP contribution >= 0.6 is 11.8 Å². The second kappa shape index (κ2) is 13.4. The Balaban J connectivity index is 1.34. The first kappa shape index (κ1) is 29.6. The Morgan fingerprint density at radius 2 is 1.47 bits per heavy atom. The molecule has 0 bridgehead atoms. The van der Waals surface area contributed by atoms with E-state index in [1.165, 1.54) is 23.9 Å². The fourth-order valence-electron chi connectivity index (χ4n) is 5.12. The van der Waals surface area contributed by atoms with E-state index in [1.807, 2.05) is 91.0 Å². The molecule has 0 saturated carbocycles. The first-order chi connectivity index (χ1) is 20.9. The van der Waals surface area contributed by atoms with Gasteiger partial charge in [0.25, 0.3) is 0 Å². The van der Waals surface area contributed by atoms with Crippen LogP contribution in [0, 0.1) is 0 Å². The van der Waals surface area contributed by atoms with E-state index < -0.39 is 47.8 Å². The summed E-state index contributed by atoms with van der Waals surface area (Å²) in [6, 6.07) is 33.8. The predicted molar refractivity (Wildman–Crippen MR) is 159 cm³/mol. The topological polar surface area (TPSA) is 49.3 Å². The maximum atomic E-state index is 13.2. The summed E-state index contributed by atoms with van der Waals surface area (Å²) in [6.07, 6.45) is -4.96. The van der Waals surface area contributed by atoms with Gasteiger partial charge in [-0.05, 0) is 35.4 Å². The second-order valence-corrected chi connectivity index (χ2v) is 11.5. The Kier molecular flexibility index (Phi) is 9.25. The van der Waals surface area contributed by atoms with Gasteiger partial charge >= 0.3 is 6.18 Å². The Morgan fingerprint density at radius 1 is 0.814 bits per heavy atom. The number of rotatable bonds is 8. The zero-order valence-corrected chi connectivity index (χ0v) is 23.9. The number of hydrogen-bond acceptors (Lipinski definition) is 6. The molecular formula is C34H30F3NO4S. The summed E-state index contributed by atoms with van der Waals surface area (Å²) in [5.74, 6) is 0. The molecule has 4 aromatic rings. The summed E-state index contributed by atoms with van der Waals surface area (Å²) >= 11 is 1.53. The van der Waals surface area contributed by atoms with E-state index in [2.05, 4.69) is 0 Å². The molecule has 0 aliphatic carbocycles. The average molecular weight is 606 g/mol. The summed E-state index contributed by atoms with van der Waals surface area (Å²) < 4.78 is 65.3. The van der Waals surface area contributed by atoms with Crippen molar-refractivity contribution in [3.05, 3.63) is 138 Å². The van der Waals surface area contributed by atoms with Crippen molar-refractivity contribution >= 4 is 18.0 Å². The minimum absolute atomic E-state index is 0.285. The number of ether oxygens (including phenoxy) is 4. The van der Waals surface area contributed by atoms with Crippen LogP contribution in [0.2, 0.25) is 0 Å². The van der Waals surface area contributed by atoms with Crippen LogP contribution in [0.15, 0.2) is 125 Å². The number of benzene rings is 4. The third-order valence-electron chi connectivity index (χ3n) is 7.30. The van der Waals surface area contributed by atoms with E-state index in [1.54, 1.807) is 6.21 Å². The number of halogens is 3. The monoisotopic (exact) mass is 605 g/mol. The van der Waals surface area contributed by atoms with Gasteiger partial charge in [0.1, 0.15) is 29.8 Å². The minimum Gasteiger partial charge on any atom is -0.368 e. The fraction of sp³-hybridized carbons (Fsp3) is 0.265. The van der Waals surface area contributed by atoms with Gasteiger partial charge in [0.05, 0.1) is 18.8 Å². The quantitative estimate of drug-likeness (QED) is 0.193. The van der Waals surface area contributed by atoms with E-state index in [0.29, 0.717) is 12.2 Å². The molecule has 2 aliphatic heterocycles. The van der Waals surface area contributed by atoms with Gasteiger partial charge in [-0.2, -0.15) is 13.2 Å². The Hall–Kier alpha value is -3.47. The molecule has 0 radical (unpaired) electrons. The van der Waals surface area contributed by atoms with Crippen LogP contribution < -0.4 is 0 Å². The number of alkyl halides is 3. The van der Waals surface area contributed by atoms with Crippen LogP contribution in [0.4, 0.5) is 13.2 Å². The lowest BCUT2D eigenvalue weighted by molar-refractivity contribution is -0.300. The number of fused-ring (bicyclic) bond motifs is 1. The molecule has 2 fully saturated rings. The van der Waals surface area contributed by atoms with E-state index in [9.17, 15) is 13.2 Å². The van der Waals surface area contributed by atoms with Gasteiger partial charge in [0.15, 0.2) is 6.29 Å². The van der Waals surface area contributed by atoms with Crippen molar-refractivity contribution in [2.45, 2.75) is 53.8 Å². The first-order valence-electron chi connectivity index (χ1n) is 14.0. The highest BCUT2D eigenvalue weighted by Crippen LogP contribution is 2.41. The van der Waals surface area contributed by atoms with Crippen molar-refractivity contribution in [1.82, 2.24) is 0 Å². The van der Waals surface area contributed by atoms with Gasteiger partial charge < -0.3 is 18.9 Å². The highest BCUT2D eigenvalue weighted by molar-refractivity contribution is 7.99. The molecule has 5 nitrogen and oxygen atoms in total. The zero-order valence-electron chi connectivity index (χ0n) is 23.0. The van der Waals surface area contributed by atoms with Gasteiger partial charge in [-0.3, -0.25) is 4.99 Å². The summed E-state index contributed by atoms with van der Waals surface area (Å²) in [5.41, 5.74) is 1.24. The van der Waals surface area contributed by atoms with Crippen LogP contribution in [0.25, 0.3) is 0 Å². The van der Waals surface area contributed by atoms with E-state index in [0.717, 1.165) is 28.2 Å². The molecule has 4 aromatic carbocycles. The van der Waals surface area contributed by atoms with Crippen LogP contribution in [0.3, 0.4) is 0 Å². The SMILES string of the molecule is FC(F)(F)c1ccc(C=N[C@@H]2[C@H](OCc3ccccc3)[C@@H](Sc3ccccc3)O[C@@H]3COC(c4ccccc4)O[C@@H]23)cc1. The van der Waals surface area contributed by atoms with Crippen molar-refractivity contribution in [2.75, 3.05) is 6.61 Å². The normalized spacial score (nSPS) is 25.8. The molecule has 222 valence electrons. The van der Waals surface area contributed by atoms with Crippen LogP contribution in [-0.4, -0.2) is 42.6 Å².